The maximum atomic E-state index is 12.7. The predicted octanol–water partition coefficient (Wildman–Crippen LogP) is 2.21. The summed E-state index contributed by atoms with van der Waals surface area (Å²) < 4.78 is 3.06. The molecule has 24 heavy (non-hydrogen) atoms. The molecular weight excluding hydrogens is 304 g/mol. The number of fused-ring (bicyclic) bond motifs is 1. The molecule has 0 fully saturated rings. The van der Waals surface area contributed by atoms with E-state index in [9.17, 15) is 9.59 Å². The number of aromatic nitrogens is 3. The maximum Gasteiger partial charge on any atom is 0.282 e. The third-order valence-corrected chi connectivity index (χ3v) is 3.86. The molecule has 0 aliphatic carbocycles. The number of carbonyl (C=O) groups is 1. The summed E-state index contributed by atoms with van der Waals surface area (Å²) in [6.45, 7) is 2.68. The van der Waals surface area contributed by atoms with Gasteiger partial charge in [0, 0.05) is 26.0 Å². The number of hydrogen-bond acceptors (Lipinski definition) is 3. The summed E-state index contributed by atoms with van der Waals surface area (Å²) in [6.07, 6.45) is 5.32. The van der Waals surface area contributed by atoms with Crippen molar-refractivity contribution < 1.29 is 4.79 Å². The highest BCUT2D eigenvalue weighted by Gasteiger charge is 2.23. The Morgan fingerprint density at radius 1 is 1.21 bits per heavy atom. The van der Waals surface area contributed by atoms with Gasteiger partial charge < -0.3 is 9.88 Å². The molecule has 0 radical (unpaired) electrons. The standard InChI is InChI=1S/C18H20N4O2/c1-3-4-10-19-17(23)14-11-21(2)12-15-16(14)20-22(18(15)24)13-8-6-5-7-9-13/h5-9,11-12H,3-4,10H2,1-2H3,(H,19,23). The van der Waals surface area contributed by atoms with E-state index in [1.165, 1.54) is 4.68 Å². The van der Waals surface area contributed by atoms with Crippen molar-refractivity contribution in [3.05, 3.63) is 58.6 Å². The van der Waals surface area contributed by atoms with Crippen LogP contribution in [-0.2, 0) is 7.05 Å². The molecule has 1 amide bonds. The molecule has 0 spiro atoms. The molecular formula is C18H20N4O2. The first kappa shape index (κ1) is 16.0. The lowest BCUT2D eigenvalue weighted by molar-refractivity contribution is 0.0953. The second-order valence-corrected chi connectivity index (χ2v) is 5.76. The smallest absolute Gasteiger partial charge is 0.282 e. The summed E-state index contributed by atoms with van der Waals surface area (Å²) in [4.78, 5) is 25.1. The van der Waals surface area contributed by atoms with Crippen LogP contribution in [0.5, 0.6) is 0 Å². The van der Waals surface area contributed by atoms with Crippen molar-refractivity contribution in [1.29, 1.82) is 0 Å². The lowest BCUT2D eigenvalue weighted by Gasteiger charge is -2.09. The van der Waals surface area contributed by atoms with E-state index in [2.05, 4.69) is 17.3 Å². The molecule has 0 atom stereocenters. The molecule has 0 saturated heterocycles. The van der Waals surface area contributed by atoms with Crippen molar-refractivity contribution in [2.75, 3.05) is 6.54 Å². The Hall–Kier alpha value is -2.89. The number of amides is 1. The highest BCUT2D eigenvalue weighted by Crippen LogP contribution is 2.21. The molecule has 1 N–H and O–H groups in total. The van der Waals surface area contributed by atoms with Crippen LogP contribution in [0.25, 0.3) is 16.9 Å². The molecule has 124 valence electrons. The summed E-state index contributed by atoms with van der Waals surface area (Å²) in [5.74, 6) is -0.206. The highest BCUT2D eigenvalue weighted by molar-refractivity contribution is 5.99. The third kappa shape index (κ3) is 2.95. The number of carbonyl (C=O) groups excluding carboxylic acids is 1. The SMILES string of the molecule is CCCCNC(=O)c1cn(C)cc2c(=O)n(-c3ccccc3)nc1-2. The van der Waals surface area contributed by atoms with Gasteiger partial charge in [0.1, 0.15) is 5.69 Å². The Balaban J connectivity index is 2.08. The van der Waals surface area contributed by atoms with Gasteiger partial charge in [0.05, 0.1) is 16.8 Å². The second-order valence-electron chi connectivity index (χ2n) is 5.76. The van der Waals surface area contributed by atoms with Gasteiger partial charge in [-0.1, -0.05) is 31.5 Å². The monoisotopic (exact) mass is 324 g/mol. The summed E-state index contributed by atoms with van der Waals surface area (Å²) in [7, 11) is 1.79. The Bertz CT molecular complexity index is 880. The van der Waals surface area contributed by atoms with Crippen LogP contribution in [0.2, 0.25) is 0 Å². The van der Waals surface area contributed by atoms with E-state index in [0.29, 0.717) is 29.1 Å². The summed E-state index contributed by atoms with van der Waals surface area (Å²) >= 11 is 0. The molecule has 2 aliphatic heterocycles. The molecule has 0 unspecified atom stereocenters. The number of benzene rings is 1. The van der Waals surface area contributed by atoms with Crippen molar-refractivity contribution in [1.82, 2.24) is 19.7 Å². The molecule has 6 heteroatoms. The van der Waals surface area contributed by atoms with Gasteiger partial charge in [-0.15, -0.1) is 0 Å². The van der Waals surface area contributed by atoms with Gasteiger partial charge in [0.15, 0.2) is 0 Å². The Morgan fingerprint density at radius 3 is 2.67 bits per heavy atom. The van der Waals surface area contributed by atoms with Gasteiger partial charge in [-0.3, -0.25) is 9.59 Å². The normalized spacial score (nSPS) is 10.9. The molecule has 3 rings (SSSR count). The first-order valence-corrected chi connectivity index (χ1v) is 8.04. The van der Waals surface area contributed by atoms with Crippen LogP contribution in [0, 0.1) is 0 Å². The average molecular weight is 324 g/mol. The van der Waals surface area contributed by atoms with Gasteiger partial charge in [-0.2, -0.15) is 9.78 Å². The van der Waals surface area contributed by atoms with Crippen LogP contribution in [0.1, 0.15) is 30.1 Å². The van der Waals surface area contributed by atoms with E-state index >= 15 is 0 Å². The molecule has 1 aromatic rings. The van der Waals surface area contributed by atoms with Gasteiger partial charge in [-0.25, -0.2) is 0 Å². The second kappa shape index (κ2) is 6.70. The maximum absolute atomic E-state index is 12.7. The van der Waals surface area contributed by atoms with Crippen molar-refractivity contribution >= 4 is 5.91 Å². The third-order valence-electron chi connectivity index (χ3n) is 3.86. The quantitative estimate of drug-likeness (QED) is 0.732. The molecule has 0 aromatic heterocycles. The van der Waals surface area contributed by atoms with Crippen molar-refractivity contribution in [2.24, 2.45) is 7.05 Å². The van der Waals surface area contributed by atoms with E-state index in [4.69, 9.17) is 0 Å². The summed E-state index contributed by atoms with van der Waals surface area (Å²) in [5.41, 5.74) is 1.73. The number of pyridine rings is 1. The van der Waals surface area contributed by atoms with Gasteiger partial charge >= 0.3 is 0 Å². The van der Waals surface area contributed by atoms with Gasteiger partial charge in [0.25, 0.3) is 11.5 Å². The number of para-hydroxylation sites is 1. The predicted molar refractivity (Wildman–Crippen MR) is 92.7 cm³/mol. The van der Waals surface area contributed by atoms with E-state index < -0.39 is 0 Å². The summed E-state index contributed by atoms with van der Waals surface area (Å²) in [5, 5.41) is 7.29. The number of rotatable bonds is 5. The zero-order chi connectivity index (χ0) is 17.1. The van der Waals surface area contributed by atoms with Crippen molar-refractivity contribution in [3.63, 3.8) is 0 Å². The van der Waals surface area contributed by atoms with E-state index in [1.807, 2.05) is 30.3 Å². The lowest BCUT2D eigenvalue weighted by atomic mass is 10.1. The lowest BCUT2D eigenvalue weighted by Crippen LogP contribution is -2.26. The van der Waals surface area contributed by atoms with Gasteiger partial charge in [0.2, 0.25) is 0 Å². The van der Waals surface area contributed by atoms with Gasteiger partial charge in [-0.05, 0) is 18.6 Å². The Kier molecular flexibility index (Phi) is 4.46. The fraction of sp³-hybridized carbons (Fsp3) is 0.278. The van der Waals surface area contributed by atoms with Crippen LogP contribution in [0.15, 0.2) is 47.5 Å². The minimum Gasteiger partial charge on any atom is -0.356 e. The fourth-order valence-corrected chi connectivity index (χ4v) is 2.62. The number of nitrogens with one attached hydrogen (secondary N) is 1. The number of unbranched alkanes of at least 4 members (excludes halogenated alkanes) is 1. The number of nitrogens with zero attached hydrogens (tertiary/aromatic N) is 3. The first-order valence-electron chi connectivity index (χ1n) is 8.04. The number of hydrogen-bond donors (Lipinski definition) is 1. The van der Waals surface area contributed by atoms with Crippen molar-refractivity contribution in [2.45, 2.75) is 19.8 Å². The highest BCUT2D eigenvalue weighted by atomic mass is 16.2. The van der Waals surface area contributed by atoms with E-state index in [-0.39, 0.29) is 11.5 Å². The molecule has 0 saturated carbocycles. The van der Waals surface area contributed by atoms with Crippen LogP contribution in [-0.4, -0.2) is 26.8 Å². The first-order chi connectivity index (χ1) is 11.6. The zero-order valence-electron chi connectivity index (χ0n) is 13.8. The van der Waals surface area contributed by atoms with Crippen LogP contribution in [0.3, 0.4) is 0 Å². The van der Waals surface area contributed by atoms with Crippen LogP contribution >= 0.6 is 0 Å². The molecule has 0 bridgehead atoms. The largest absolute Gasteiger partial charge is 0.356 e. The topological polar surface area (TPSA) is 68.9 Å². The van der Waals surface area contributed by atoms with Crippen LogP contribution in [0.4, 0.5) is 0 Å². The minimum atomic E-state index is -0.227. The average Bonchev–Trinajstić information content (AvgIpc) is 2.92. The molecule has 1 aromatic carbocycles. The molecule has 2 aliphatic rings. The van der Waals surface area contributed by atoms with Crippen molar-refractivity contribution in [3.8, 4) is 16.9 Å². The molecule has 2 heterocycles. The Labute approximate surface area is 140 Å². The minimum absolute atomic E-state index is 0.206. The van der Waals surface area contributed by atoms with E-state index in [1.54, 1.807) is 24.0 Å². The number of aryl methyl sites for hydroxylation is 1. The fourth-order valence-electron chi connectivity index (χ4n) is 2.62. The molecule has 6 nitrogen and oxygen atoms in total. The zero-order valence-corrected chi connectivity index (χ0v) is 13.8. The van der Waals surface area contributed by atoms with E-state index in [0.717, 1.165) is 12.8 Å². The van der Waals surface area contributed by atoms with Crippen LogP contribution < -0.4 is 10.9 Å². The summed E-state index contributed by atoms with van der Waals surface area (Å²) in [6, 6.07) is 9.20. The Morgan fingerprint density at radius 2 is 1.96 bits per heavy atom.